The first kappa shape index (κ1) is 13.8. The van der Waals surface area contributed by atoms with Crippen LogP contribution in [0.15, 0.2) is 35.7 Å². The summed E-state index contributed by atoms with van der Waals surface area (Å²) in [7, 11) is 0. The molecule has 0 aliphatic heterocycles. The Balaban J connectivity index is 2.05. The largest absolute Gasteiger partial charge is 0.478 e. The zero-order valence-corrected chi connectivity index (χ0v) is 12.7. The molecule has 0 spiro atoms. The molecule has 108 valence electrons. The first-order valence-electron chi connectivity index (χ1n) is 6.80. The van der Waals surface area contributed by atoms with Crippen molar-refractivity contribution in [2.75, 3.05) is 0 Å². The third-order valence-electron chi connectivity index (χ3n) is 3.63. The summed E-state index contributed by atoms with van der Waals surface area (Å²) in [6.07, 6.45) is 0.918. The van der Waals surface area contributed by atoms with Gasteiger partial charge in [0.05, 0.1) is 16.6 Å². The molecule has 5 heteroatoms. The maximum Gasteiger partial charge on any atom is 0.335 e. The number of fused-ring (bicyclic) bond motifs is 1. The Hall–Kier alpha value is -2.14. The number of nitrogens with zero attached hydrogens (tertiary/aromatic N) is 2. The fourth-order valence-electron chi connectivity index (χ4n) is 2.71. The number of aromatic nitrogens is 2. The van der Waals surface area contributed by atoms with Crippen molar-refractivity contribution in [3.05, 3.63) is 52.0 Å². The van der Waals surface area contributed by atoms with E-state index in [-0.39, 0.29) is 6.04 Å². The minimum atomic E-state index is -0.909. The Morgan fingerprint density at radius 3 is 2.90 bits per heavy atom. The normalized spacial score (nSPS) is 12.7. The molecule has 1 atom stereocenters. The SMILES string of the molecule is Cc1nc2ccc(C(=O)O)cc2n1C(C)Cc1cccs1. The molecule has 3 rings (SSSR count). The van der Waals surface area contributed by atoms with Crippen LogP contribution in [0.5, 0.6) is 0 Å². The molecule has 0 radical (unpaired) electrons. The average molecular weight is 300 g/mol. The maximum atomic E-state index is 11.2. The Bertz CT molecular complexity index is 790. The maximum absolute atomic E-state index is 11.2. The van der Waals surface area contributed by atoms with Crippen molar-refractivity contribution in [2.45, 2.75) is 26.3 Å². The first-order chi connectivity index (χ1) is 10.1. The zero-order chi connectivity index (χ0) is 15.0. The monoisotopic (exact) mass is 300 g/mol. The summed E-state index contributed by atoms with van der Waals surface area (Å²) < 4.78 is 2.13. The topological polar surface area (TPSA) is 55.1 Å². The van der Waals surface area contributed by atoms with Crippen molar-refractivity contribution < 1.29 is 9.90 Å². The highest BCUT2D eigenvalue weighted by atomic mass is 32.1. The molecule has 1 unspecified atom stereocenters. The number of carboxylic acids is 1. The molecule has 0 aliphatic carbocycles. The van der Waals surface area contributed by atoms with E-state index in [2.05, 4.69) is 27.9 Å². The molecule has 2 heterocycles. The Morgan fingerprint density at radius 1 is 1.43 bits per heavy atom. The number of hydrogen-bond donors (Lipinski definition) is 1. The number of aromatic carboxylic acids is 1. The Morgan fingerprint density at radius 2 is 2.24 bits per heavy atom. The number of imidazole rings is 1. The van der Waals surface area contributed by atoms with Crippen LogP contribution in [0.25, 0.3) is 11.0 Å². The highest BCUT2D eigenvalue weighted by molar-refractivity contribution is 7.09. The standard InChI is InChI=1S/C16H16N2O2S/c1-10(8-13-4-3-7-21-13)18-11(2)17-14-6-5-12(16(19)20)9-15(14)18/h3-7,9-10H,8H2,1-2H3,(H,19,20). The van der Waals surface area contributed by atoms with Crippen LogP contribution in [0.3, 0.4) is 0 Å². The summed E-state index contributed by atoms with van der Waals surface area (Å²) in [5, 5.41) is 11.2. The summed E-state index contributed by atoms with van der Waals surface area (Å²) in [6, 6.07) is 9.50. The lowest BCUT2D eigenvalue weighted by Gasteiger charge is -2.15. The second-order valence-electron chi connectivity index (χ2n) is 5.17. The number of aryl methyl sites for hydroxylation is 1. The highest BCUT2D eigenvalue weighted by Gasteiger charge is 2.16. The van der Waals surface area contributed by atoms with Gasteiger partial charge in [0.25, 0.3) is 0 Å². The van der Waals surface area contributed by atoms with Crippen LogP contribution in [0.1, 0.15) is 34.0 Å². The van der Waals surface area contributed by atoms with Gasteiger partial charge < -0.3 is 9.67 Å². The fraction of sp³-hybridized carbons (Fsp3) is 0.250. The quantitative estimate of drug-likeness (QED) is 0.795. The molecule has 21 heavy (non-hydrogen) atoms. The molecule has 3 aromatic rings. The summed E-state index contributed by atoms with van der Waals surface area (Å²) >= 11 is 1.74. The van der Waals surface area contributed by atoms with Gasteiger partial charge in [-0.2, -0.15) is 0 Å². The predicted molar refractivity (Wildman–Crippen MR) is 84.2 cm³/mol. The van der Waals surface area contributed by atoms with E-state index in [1.807, 2.05) is 13.0 Å². The van der Waals surface area contributed by atoms with Crippen molar-refractivity contribution in [3.8, 4) is 0 Å². The number of thiophene rings is 1. The van der Waals surface area contributed by atoms with Gasteiger partial charge in [-0.15, -0.1) is 11.3 Å². The van der Waals surface area contributed by atoms with Crippen molar-refractivity contribution in [1.82, 2.24) is 9.55 Å². The summed E-state index contributed by atoms with van der Waals surface area (Å²) in [5.74, 6) is 0.00445. The van der Waals surface area contributed by atoms with Crippen LogP contribution >= 0.6 is 11.3 Å². The highest BCUT2D eigenvalue weighted by Crippen LogP contribution is 2.25. The van der Waals surface area contributed by atoms with Gasteiger partial charge in [-0.05, 0) is 43.5 Å². The molecular formula is C16H16N2O2S. The van der Waals surface area contributed by atoms with Crippen molar-refractivity contribution >= 4 is 28.3 Å². The van der Waals surface area contributed by atoms with Gasteiger partial charge in [0.2, 0.25) is 0 Å². The van der Waals surface area contributed by atoms with E-state index in [1.165, 1.54) is 4.88 Å². The molecule has 0 amide bonds. The second kappa shape index (κ2) is 5.33. The van der Waals surface area contributed by atoms with E-state index >= 15 is 0 Å². The van der Waals surface area contributed by atoms with Gasteiger partial charge in [0.15, 0.2) is 0 Å². The van der Waals surface area contributed by atoms with Gasteiger partial charge in [0.1, 0.15) is 5.82 Å². The van der Waals surface area contributed by atoms with E-state index in [4.69, 9.17) is 5.11 Å². The number of hydrogen-bond acceptors (Lipinski definition) is 3. The van der Waals surface area contributed by atoms with E-state index < -0.39 is 5.97 Å². The lowest BCUT2D eigenvalue weighted by atomic mass is 10.1. The first-order valence-corrected chi connectivity index (χ1v) is 7.68. The molecule has 1 aromatic carbocycles. The van der Waals surface area contributed by atoms with Crippen LogP contribution in [-0.2, 0) is 6.42 Å². The van der Waals surface area contributed by atoms with Crippen LogP contribution in [0, 0.1) is 6.92 Å². The summed E-state index contributed by atoms with van der Waals surface area (Å²) in [4.78, 5) is 17.0. The molecule has 0 saturated heterocycles. The minimum Gasteiger partial charge on any atom is -0.478 e. The third kappa shape index (κ3) is 2.56. The van der Waals surface area contributed by atoms with Gasteiger partial charge in [-0.25, -0.2) is 9.78 Å². The lowest BCUT2D eigenvalue weighted by molar-refractivity contribution is 0.0697. The molecule has 0 bridgehead atoms. The van der Waals surface area contributed by atoms with Crippen LogP contribution < -0.4 is 0 Å². The fourth-order valence-corrected chi connectivity index (χ4v) is 3.54. The van der Waals surface area contributed by atoms with Crippen molar-refractivity contribution in [1.29, 1.82) is 0 Å². The number of carboxylic acid groups (broad SMARTS) is 1. The van der Waals surface area contributed by atoms with Gasteiger partial charge in [-0.1, -0.05) is 6.07 Å². The summed E-state index contributed by atoms with van der Waals surface area (Å²) in [6.45, 7) is 4.10. The molecule has 0 fully saturated rings. The molecule has 4 nitrogen and oxygen atoms in total. The van der Waals surface area contributed by atoms with E-state index in [1.54, 1.807) is 29.5 Å². The third-order valence-corrected chi connectivity index (χ3v) is 4.53. The Labute approximate surface area is 126 Å². The molecule has 0 saturated carbocycles. The number of rotatable bonds is 4. The van der Waals surface area contributed by atoms with Crippen LogP contribution in [0.4, 0.5) is 0 Å². The predicted octanol–water partition coefficient (Wildman–Crippen LogP) is 3.91. The number of benzene rings is 1. The molecular weight excluding hydrogens is 284 g/mol. The molecule has 1 N–H and O–H groups in total. The average Bonchev–Trinajstić information content (AvgIpc) is 3.03. The van der Waals surface area contributed by atoms with Gasteiger partial charge >= 0.3 is 5.97 Å². The smallest absolute Gasteiger partial charge is 0.335 e. The minimum absolute atomic E-state index is 0.234. The second-order valence-corrected chi connectivity index (χ2v) is 6.20. The Kier molecular flexibility index (Phi) is 3.51. The van der Waals surface area contributed by atoms with Gasteiger partial charge in [0, 0.05) is 17.3 Å². The van der Waals surface area contributed by atoms with E-state index in [0.29, 0.717) is 5.56 Å². The number of carbonyl (C=O) groups is 1. The van der Waals surface area contributed by atoms with Crippen LogP contribution in [-0.4, -0.2) is 20.6 Å². The van der Waals surface area contributed by atoms with E-state index in [9.17, 15) is 4.79 Å². The van der Waals surface area contributed by atoms with Crippen LogP contribution in [0.2, 0.25) is 0 Å². The van der Waals surface area contributed by atoms with Crippen molar-refractivity contribution in [3.63, 3.8) is 0 Å². The van der Waals surface area contributed by atoms with Crippen molar-refractivity contribution in [2.24, 2.45) is 0 Å². The van der Waals surface area contributed by atoms with Gasteiger partial charge in [-0.3, -0.25) is 0 Å². The summed E-state index contributed by atoms with van der Waals surface area (Å²) in [5.41, 5.74) is 2.03. The molecule has 0 aliphatic rings. The lowest BCUT2D eigenvalue weighted by Crippen LogP contribution is -2.09. The molecule has 2 aromatic heterocycles. The zero-order valence-electron chi connectivity index (χ0n) is 11.9. The van der Waals surface area contributed by atoms with E-state index in [0.717, 1.165) is 23.3 Å².